The second kappa shape index (κ2) is 5.40. The molecule has 1 aromatic heterocycles. The quantitative estimate of drug-likeness (QED) is 0.735. The fraction of sp³-hybridized carbons (Fsp3) is 0.500. The van der Waals surface area contributed by atoms with E-state index in [-0.39, 0.29) is 0 Å². The summed E-state index contributed by atoms with van der Waals surface area (Å²) in [5.41, 5.74) is 4.16. The fourth-order valence-electron chi connectivity index (χ4n) is 2.39. The predicted molar refractivity (Wildman–Crippen MR) is 83.5 cm³/mol. The average Bonchev–Trinajstić information content (AvgIpc) is 2.63. The van der Waals surface area contributed by atoms with Crippen LogP contribution < -0.4 is 0 Å². The van der Waals surface area contributed by atoms with Crippen LogP contribution in [-0.2, 0) is 5.75 Å². The van der Waals surface area contributed by atoms with E-state index in [0.29, 0.717) is 11.3 Å². The molecule has 0 saturated heterocycles. The van der Waals surface area contributed by atoms with Crippen molar-refractivity contribution in [3.63, 3.8) is 0 Å². The second-order valence-electron chi connectivity index (χ2n) is 5.52. The molecule has 2 aromatic rings. The van der Waals surface area contributed by atoms with Gasteiger partial charge in [-0.2, -0.15) is 11.8 Å². The molecular weight excluding hydrogens is 238 g/mol. The molecule has 18 heavy (non-hydrogen) atoms. The van der Waals surface area contributed by atoms with Gasteiger partial charge in [0.1, 0.15) is 0 Å². The summed E-state index contributed by atoms with van der Waals surface area (Å²) in [6, 6.07) is 9.64. The number of benzene rings is 1. The van der Waals surface area contributed by atoms with Crippen molar-refractivity contribution in [3.8, 4) is 0 Å². The summed E-state index contributed by atoms with van der Waals surface area (Å²) in [7, 11) is 0. The Morgan fingerprint density at radius 2 is 1.83 bits per heavy atom. The van der Waals surface area contributed by atoms with Crippen molar-refractivity contribution in [3.05, 3.63) is 35.5 Å². The summed E-state index contributed by atoms with van der Waals surface area (Å²) in [6.45, 7) is 11.2. The van der Waals surface area contributed by atoms with E-state index in [4.69, 9.17) is 0 Å². The Kier molecular flexibility index (Phi) is 4.06. The normalized spacial score (nSPS) is 11.9. The van der Waals surface area contributed by atoms with Crippen LogP contribution in [0.25, 0.3) is 10.9 Å². The molecule has 0 unspecified atom stereocenters. The molecule has 0 aliphatic rings. The lowest BCUT2D eigenvalue weighted by Gasteiger charge is -2.15. The van der Waals surface area contributed by atoms with Crippen LogP contribution in [0.2, 0.25) is 0 Å². The van der Waals surface area contributed by atoms with Crippen LogP contribution >= 0.6 is 11.8 Å². The molecular formula is C16H23NS. The largest absolute Gasteiger partial charge is 0.341 e. The van der Waals surface area contributed by atoms with Gasteiger partial charge < -0.3 is 4.57 Å². The summed E-state index contributed by atoms with van der Waals surface area (Å²) >= 11 is 2.01. The minimum absolute atomic E-state index is 0.521. The predicted octanol–water partition coefficient (Wildman–Crippen LogP) is 5.17. The van der Waals surface area contributed by atoms with Crippen LogP contribution in [0.5, 0.6) is 0 Å². The number of hydrogen-bond acceptors (Lipinski definition) is 1. The number of thioether (sulfide) groups is 1. The van der Waals surface area contributed by atoms with Crippen molar-refractivity contribution in [1.82, 2.24) is 4.57 Å². The minimum Gasteiger partial charge on any atom is -0.341 e. The summed E-state index contributed by atoms with van der Waals surface area (Å²) in [5.74, 6) is 1.10. The number of nitrogens with zero attached hydrogens (tertiary/aromatic N) is 1. The Balaban J connectivity index is 2.47. The highest BCUT2D eigenvalue weighted by Crippen LogP contribution is 2.28. The molecule has 0 saturated carbocycles. The fourth-order valence-corrected chi connectivity index (χ4v) is 3.11. The topological polar surface area (TPSA) is 4.93 Å². The third-order valence-corrected chi connectivity index (χ3v) is 4.28. The number of aromatic nitrogens is 1. The molecule has 2 rings (SSSR count). The molecule has 0 atom stereocenters. The van der Waals surface area contributed by atoms with E-state index in [9.17, 15) is 0 Å². The SMILES string of the molecule is Cc1ccc2c(c1)cc(CSC(C)C)n2C(C)C. The molecule has 0 radical (unpaired) electrons. The molecule has 2 heteroatoms. The van der Waals surface area contributed by atoms with Crippen molar-refractivity contribution in [2.45, 2.75) is 51.7 Å². The maximum atomic E-state index is 2.48. The molecule has 0 aliphatic carbocycles. The van der Waals surface area contributed by atoms with Crippen molar-refractivity contribution in [2.24, 2.45) is 0 Å². The smallest absolute Gasteiger partial charge is 0.0485 e. The van der Waals surface area contributed by atoms with Crippen molar-refractivity contribution >= 4 is 22.7 Å². The Hall–Kier alpha value is -0.890. The van der Waals surface area contributed by atoms with Gasteiger partial charge in [-0.15, -0.1) is 0 Å². The van der Waals surface area contributed by atoms with Crippen LogP contribution in [0.4, 0.5) is 0 Å². The molecule has 0 bridgehead atoms. The molecule has 0 spiro atoms. The monoisotopic (exact) mass is 261 g/mol. The van der Waals surface area contributed by atoms with Gasteiger partial charge in [0.2, 0.25) is 0 Å². The highest BCUT2D eigenvalue weighted by molar-refractivity contribution is 7.99. The Bertz CT molecular complexity index is 537. The minimum atomic E-state index is 0.521. The zero-order valence-corrected chi connectivity index (χ0v) is 12.8. The number of aryl methyl sites for hydroxylation is 1. The van der Waals surface area contributed by atoms with Gasteiger partial charge in [-0.1, -0.05) is 25.5 Å². The zero-order valence-electron chi connectivity index (χ0n) is 12.0. The second-order valence-corrected chi connectivity index (χ2v) is 7.09. The van der Waals surface area contributed by atoms with Crippen molar-refractivity contribution < 1.29 is 0 Å². The van der Waals surface area contributed by atoms with E-state index in [0.717, 1.165) is 5.75 Å². The van der Waals surface area contributed by atoms with Gasteiger partial charge in [0, 0.05) is 28.4 Å². The van der Waals surface area contributed by atoms with E-state index >= 15 is 0 Å². The Morgan fingerprint density at radius 3 is 2.44 bits per heavy atom. The summed E-state index contributed by atoms with van der Waals surface area (Å²) < 4.78 is 2.48. The molecule has 0 fully saturated rings. The maximum absolute atomic E-state index is 2.48. The molecule has 98 valence electrons. The van der Waals surface area contributed by atoms with E-state index in [1.54, 1.807) is 0 Å². The van der Waals surface area contributed by atoms with Crippen molar-refractivity contribution in [1.29, 1.82) is 0 Å². The first kappa shape index (κ1) is 13.5. The molecule has 0 aliphatic heterocycles. The number of hydrogen-bond donors (Lipinski definition) is 0. The highest BCUT2D eigenvalue weighted by Gasteiger charge is 2.11. The average molecular weight is 261 g/mol. The first-order valence-electron chi connectivity index (χ1n) is 6.71. The number of rotatable bonds is 4. The summed E-state index contributed by atoms with van der Waals surface area (Å²) in [4.78, 5) is 0. The van der Waals surface area contributed by atoms with Gasteiger partial charge in [0.05, 0.1) is 0 Å². The van der Waals surface area contributed by atoms with Crippen LogP contribution in [0.1, 0.15) is 45.0 Å². The lowest BCUT2D eigenvalue weighted by molar-refractivity contribution is 0.606. The summed E-state index contributed by atoms with van der Waals surface area (Å²) in [6.07, 6.45) is 0. The van der Waals surface area contributed by atoms with Gasteiger partial charge in [-0.25, -0.2) is 0 Å². The van der Waals surface area contributed by atoms with E-state index < -0.39 is 0 Å². The van der Waals surface area contributed by atoms with Crippen LogP contribution in [0.3, 0.4) is 0 Å². The molecule has 0 N–H and O–H groups in total. The van der Waals surface area contributed by atoms with Gasteiger partial charge in [-0.3, -0.25) is 0 Å². The van der Waals surface area contributed by atoms with Gasteiger partial charge >= 0.3 is 0 Å². The lowest BCUT2D eigenvalue weighted by Crippen LogP contribution is -2.05. The van der Waals surface area contributed by atoms with Gasteiger partial charge in [0.25, 0.3) is 0 Å². The van der Waals surface area contributed by atoms with E-state index in [1.807, 2.05) is 11.8 Å². The molecule has 0 amide bonds. The third kappa shape index (κ3) is 2.74. The first-order chi connectivity index (χ1) is 8.49. The van der Waals surface area contributed by atoms with Crippen LogP contribution in [0, 0.1) is 6.92 Å². The van der Waals surface area contributed by atoms with E-state index in [2.05, 4.69) is 63.5 Å². The first-order valence-corrected chi connectivity index (χ1v) is 7.76. The van der Waals surface area contributed by atoms with Crippen LogP contribution in [0.15, 0.2) is 24.3 Å². The number of fused-ring (bicyclic) bond motifs is 1. The van der Waals surface area contributed by atoms with Gasteiger partial charge in [0.15, 0.2) is 0 Å². The van der Waals surface area contributed by atoms with Crippen LogP contribution in [-0.4, -0.2) is 9.82 Å². The van der Waals surface area contributed by atoms with E-state index in [1.165, 1.54) is 22.2 Å². The lowest BCUT2D eigenvalue weighted by atomic mass is 10.2. The van der Waals surface area contributed by atoms with Gasteiger partial charge in [-0.05, 0) is 44.2 Å². The highest BCUT2D eigenvalue weighted by atomic mass is 32.2. The standard InChI is InChI=1S/C16H23NS/c1-11(2)17-15(10-18-12(3)4)9-14-8-13(5)6-7-16(14)17/h6-9,11-12H,10H2,1-5H3. The third-order valence-electron chi connectivity index (χ3n) is 3.16. The van der Waals surface area contributed by atoms with Crippen molar-refractivity contribution in [2.75, 3.05) is 0 Å². The molecule has 1 aromatic carbocycles. The zero-order chi connectivity index (χ0) is 13.3. The summed E-state index contributed by atoms with van der Waals surface area (Å²) in [5, 5.41) is 2.06. The Labute approximate surface area is 115 Å². The maximum Gasteiger partial charge on any atom is 0.0485 e. The molecule has 1 heterocycles. The Morgan fingerprint density at radius 1 is 1.11 bits per heavy atom. The molecule has 1 nitrogen and oxygen atoms in total.